The van der Waals surface area contributed by atoms with E-state index in [1.54, 1.807) is 0 Å². The smallest absolute Gasteiger partial charge is 0.389 e. The molecule has 1 heterocycles. The molecule has 1 N–H and O–H groups in total. The average molecular weight is 249 g/mol. The van der Waals surface area contributed by atoms with Crippen LogP contribution in [0, 0.1) is 0 Å². The van der Waals surface area contributed by atoms with Crippen molar-refractivity contribution in [2.24, 2.45) is 0 Å². The monoisotopic (exact) mass is 249 g/mol. The van der Waals surface area contributed by atoms with Crippen LogP contribution < -0.4 is 4.74 Å². The number of halogens is 3. The molecule has 1 aromatic heterocycles. The molecule has 0 fully saturated rings. The Hall–Kier alpha value is -1.79. The van der Waals surface area contributed by atoms with E-state index in [4.69, 9.17) is 9.84 Å². The summed E-state index contributed by atoms with van der Waals surface area (Å²) in [4.78, 5) is 14.3. The van der Waals surface area contributed by atoms with E-state index in [0.717, 1.165) is 6.07 Å². The Kier molecular flexibility index (Phi) is 4.30. The number of alkyl halides is 3. The number of carboxylic acid groups (broad SMARTS) is 1. The molecule has 4 nitrogen and oxygen atoms in total. The van der Waals surface area contributed by atoms with Crippen LogP contribution in [0.2, 0.25) is 0 Å². The van der Waals surface area contributed by atoms with Gasteiger partial charge in [-0.25, -0.2) is 9.78 Å². The third-order valence-electron chi connectivity index (χ3n) is 1.84. The summed E-state index contributed by atoms with van der Waals surface area (Å²) in [6, 6.07) is 2.43. The molecule has 0 aliphatic rings. The van der Waals surface area contributed by atoms with Crippen molar-refractivity contribution >= 4 is 5.97 Å². The van der Waals surface area contributed by atoms with Crippen molar-refractivity contribution in [2.45, 2.75) is 19.0 Å². The molecule has 0 saturated carbocycles. The van der Waals surface area contributed by atoms with E-state index in [-0.39, 0.29) is 24.5 Å². The predicted molar refractivity (Wildman–Crippen MR) is 52.0 cm³/mol. The highest BCUT2D eigenvalue weighted by atomic mass is 19.4. The molecule has 94 valence electrons. The van der Waals surface area contributed by atoms with Crippen LogP contribution in [0.4, 0.5) is 13.2 Å². The zero-order chi connectivity index (χ0) is 12.9. The summed E-state index contributed by atoms with van der Waals surface area (Å²) in [6.45, 7) is -0.157. The fourth-order valence-corrected chi connectivity index (χ4v) is 1.07. The lowest BCUT2D eigenvalue weighted by molar-refractivity contribution is -0.136. The Morgan fingerprint density at radius 3 is 2.76 bits per heavy atom. The molecule has 0 aliphatic carbocycles. The van der Waals surface area contributed by atoms with Gasteiger partial charge >= 0.3 is 12.1 Å². The van der Waals surface area contributed by atoms with Crippen molar-refractivity contribution in [1.82, 2.24) is 4.98 Å². The second-order valence-corrected chi connectivity index (χ2v) is 3.26. The van der Waals surface area contributed by atoms with Gasteiger partial charge in [0.15, 0.2) is 0 Å². The first-order chi connectivity index (χ1) is 7.88. The zero-order valence-electron chi connectivity index (χ0n) is 8.70. The van der Waals surface area contributed by atoms with E-state index in [9.17, 15) is 18.0 Å². The number of hydrogen-bond donors (Lipinski definition) is 1. The third kappa shape index (κ3) is 5.19. The first-order valence-electron chi connectivity index (χ1n) is 4.77. The molecule has 0 unspecified atom stereocenters. The van der Waals surface area contributed by atoms with Crippen LogP contribution in [-0.4, -0.2) is 28.8 Å². The molecule has 7 heteroatoms. The Bertz CT molecular complexity index is 393. The maximum atomic E-state index is 11.8. The lowest BCUT2D eigenvalue weighted by atomic mass is 10.3. The molecule has 0 radical (unpaired) electrons. The van der Waals surface area contributed by atoms with Crippen molar-refractivity contribution in [2.75, 3.05) is 6.61 Å². The first kappa shape index (κ1) is 13.3. The highest BCUT2D eigenvalue weighted by Crippen LogP contribution is 2.21. The second-order valence-electron chi connectivity index (χ2n) is 3.26. The summed E-state index contributed by atoms with van der Waals surface area (Å²) < 4.78 is 40.3. The van der Waals surface area contributed by atoms with E-state index in [2.05, 4.69) is 4.98 Å². The standard InChI is InChI=1S/C10H10F3NO3/c11-10(12,13)3-1-5-17-8-6-7(9(15)16)2-4-14-8/h2,4,6H,1,3,5H2,(H,15,16). The van der Waals surface area contributed by atoms with Gasteiger partial charge in [-0.1, -0.05) is 0 Å². The van der Waals surface area contributed by atoms with E-state index in [1.807, 2.05) is 0 Å². The molecule has 17 heavy (non-hydrogen) atoms. The van der Waals surface area contributed by atoms with Crippen LogP contribution in [0.25, 0.3) is 0 Å². The van der Waals surface area contributed by atoms with Crippen LogP contribution in [0.1, 0.15) is 23.2 Å². The number of ether oxygens (including phenoxy) is 1. The topological polar surface area (TPSA) is 59.4 Å². The Balaban J connectivity index is 2.42. The van der Waals surface area contributed by atoms with Crippen molar-refractivity contribution in [1.29, 1.82) is 0 Å². The molecule has 1 rings (SSSR count). The minimum Gasteiger partial charge on any atom is -0.478 e. The highest BCUT2D eigenvalue weighted by molar-refractivity contribution is 5.87. The summed E-state index contributed by atoms with van der Waals surface area (Å²) in [5, 5.41) is 8.66. The number of nitrogens with zero attached hydrogens (tertiary/aromatic N) is 1. The van der Waals surface area contributed by atoms with Crippen LogP contribution in [0.15, 0.2) is 18.3 Å². The first-order valence-corrected chi connectivity index (χ1v) is 4.77. The van der Waals surface area contributed by atoms with Gasteiger partial charge in [-0.15, -0.1) is 0 Å². The number of hydrogen-bond acceptors (Lipinski definition) is 3. The van der Waals surface area contributed by atoms with Crippen molar-refractivity contribution in [3.05, 3.63) is 23.9 Å². The molecule has 0 bridgehead atoms. The molecule has 0 atom stereocenters. The second kappa shape index (κ2) is 5.51. The largest absolute Gasteiger partial charge is 0.478 e. The van der Waals surface area contributed by atoms with Gasteiger partial charge in [-0.05, 0) is 12.5 Å². The molecule has 0 spiro atoms. The minimum atomic E-state index is -4.21. The fraction of sp³-hybridized carbons (Fsp3) is 0.400. The van der Waals surface area contributed by atoms with Crippen LogP contribution in [-0.2, 0) is 0 Å². The predicted octanol–water partition coefficient (Wildman–Crippen LogP) is 2.50. The minimum absolute atomic E-state index is 0.00655. The lowest BCUT2D eigenvalue weighted by Crippen LogP contribution is -2.10. The molecular formula is C10H10F3NO3. The Labute approximate surface area is 95.0 Å². The van der Waals surface area contributed by atoms with Gasteiger partial charge in [-0.2, -0.15) is 13.2 Å². The average Bonchev–Trinajstić information content (AvgIpc) is 2.23. The lowest BCUT2D eigenvalue weighted by Gasteiger charge is -2.07. The summed E-state index contributed by atoms with van der Waals surface area (Å²) in [6.07, 6.45) is -4.11. The van der Waals surface area contributed by atoms with E-state index in [0.29, 0.717) is 0 Å². The summed E-state index contributed by atoms with van der Waals surface area (Å²) >= 11 is 0. The van der Waals surface area contributed by atoms with Gasteiger partial charge in [0.1, 0.15) is 0 Å². The van der Waals surface area contributed by atoms with E-state index >= 15 is 0 Å². The summed E-state index contributed by atoms with van der Waals surface area (Å²) in [7, 11) is 0. The van der Waals surface area contributed by atoms with Crippen molar-refractivity contribution in [3.8, 4) is 5.88 Å². The number of carboxylic acids is 1. The molecule has 0 amide bonds. The molecule has 0 aromatic carbocycles. The van der Waals surface area contributed by atoms with E-state index in [1.165, 1.54) is 12.3 Å². The normalized spacial score (nSPS) is 11.2. The van der Waals surface area contributed by atoms with Crippen LogP contribution in [0.5, 0.6) is 5.88 Å². The number of rotatable bonds is 5. The number of aromatic carboxylic acids is 1. The van der Waals surface area contributed by atoms with Gasteiger partial charge < -0.3 is 9.84 Å². The maximum Gasteiger partial charge on any atom is 0.389 e. The van der Waals surface area contributed by atoms with Crippen molar-refractivity contribution < 1.29 is 27.8 Å². The van der Waals surface area contributed by atoms with Gasteiger partial charge in [0.25, 0.3) is 0 Å². The van der Waals surface area contributed by atoms with Gasteiger partial charge in [0.2, 0.25) is 5.88 Å². The fourth-order valence-electron chi connectivity index (χ4n) is 1.07. The van der Waals surface area contributed by atoms with Crippen molar-refractivity contribution in [3.63, 3.8) is 0 Å². The quantitative estimate of drug-likeness (QED) is 0.814. The zero-order valence-corrected chi connectivity index (χ0v) is 8.70. The molecule has 0 aliphatic heterocycles. The number of pyridine rings is 1. The highest BCUT2D eigenvalue weighted by Gasteiger charge is 2.26. The summed E-state index contributed by atoms with van der Waals surface area (Å²) in [5.74, 6) is -1.14. The van der Waals surface area contributed by atoms with Crippen LogP contribution >= 0.6 is 0 Å². The third-order valence-corrected chi connectivity index (χ3v) is 1.84. The number of aromatic nitrogens is 1. The number of carbonyl (C=O) groups is 1. The van der Waals surface area contributed by atoms with Gasteiger partial charge in [0.05, 0.1) is 12.2 Å². The van der Waals surface area contributed by atoms with E-state index < -0.39 is 18.6 Å². The molecule has 1 aromatic rings. The maximum absolute atomic E-state index is 11.8. The Morgan fingerprint density at radius 1 is 1.47 bits per heavy atom. The van der Waals surface area contributed by atoms with Gasteiger partial charge in [0, 0.05) is 18.7 Å². The molecule has 0 saturated heterocycles. The molecular weight excluding hydrogens is 239 g/mol. The van der Waals surface area contributed by atoms with Gasteiger partial charge in [-0.3, -0.25) is 0 Å². The Morgan fingerprint density at radius 2 is 2.18 bits per heavy atom. The van der Waals surface area contributed by atoms with Crippen LogP contribution in [0.3, 0.4) is 0 Å². The summed E-state index contributed by atoms with van der Waals surface area (Å²) in [5.41, 5.74) is -0.0224. The SMILES string of the molecule is O=C(O)c1ccnc(OCCCC(F)(F)F)c1.